The molecule has 1 atom stereocenters. The molecule has 3 aromatic rings. The fraction of sp³-hybridized carbons (Fsp3) is 0.208. The molecule has 160 valence electrons. The Morgan fingerprint density at radius 1 is 1.00 bits per heavy atom. The number of anilines is 1. The third-order valence-corrected chi connectivity index (χ3v) is 4.97. The van der Waals surface area contributed by atoms with Crippen LogP contribution in [0.3, 0.4) is 0 Å². The average molecular weight is 420 g/mol. The van der Waals surface area contributed by atoms with Crippen molar-refractivity contribution in [2.45, 2.75) is 19.4 Å². The summed E-state index contributed by atoms with van der Waals surface area (Å²) in [6.45, 7) is 1.96. The Hall–Kier alpha value is -3.87. The van der Waals surface area contributed by atoms with E-state index in [1.54, 1.807) is 50.6 Å². The van der Waals surface area contributed by atoms with Crippen LogP contribution in [0.15, 0.2) is 66.7 Å². The summed E-state index contributed by atoms with van der Waals surface area (Å²) in [6.07, 6.45) is 0.154. The predicted molar refractivity (Wildman–Crippen MR) is 119 cm³/mol. The van der Waals surface area contributed by atoms with Gasteiger partial charge in [0.05, 0.1) is 25.2 Å². The van der Waals surface area contributed by atoms with Crippen LogP contribution in [0.2, 0.25) is 0 Å². The van der Waals surface area contributed by atoms with Crippen LogP contribution in [-0.4, -0.2) is 24.9 Å². The highest BCUT2D eigenvalue weighted by atomic mass is 16.6. The molecule has 0 aliphatic carbocycles. The maximum atomic E-state index is 13.0. The molecule has 0 aromatic heterocycles. The zero-order chi connectivity index (χ0) is 22.4. The van der Waals surface area contributed by atoms with Gasteiger partial charge in [-0.3, -0.25) is 14.9 Å². The number of carbonyl (C=O) groups is 1. The minimum atomic E-state index is -0.450. The van der Waals surface area contributed by atoms with Crippen molar-refractivity contribution in [1.82, 2.24) is 0 Å². The van der Waals surface area contributed by atoms with Gasteiger partial charge in [0.1, 0.15) is 0 Å². The van der Waals surface area contributed by atoms with Crippen molar-refractivity contribution in [3.8, 4) is 11.5 Å². The SMILES string of the molecule is COc1ccc(C(CC(=O)c2ccc(C)cc2)Nc2cccc([N+](=O)[O-])c2)cc1OC. The lowest BCUT2D eigenvalue weighted by atomic mass is 9.96. The number of aryl methyl sites for hydroxylation is 1. The number of nitro benzene ring substituents is 1. The number of nitro groups is 1. The normalized spacial score (nSPS) is 11.5. The molecular weight excluding hydrogens is 396 g/mol. The first-order valence-corrected chi connectivity index (χ1v) is 9.74. The number of ketones is 1. The molecule has 0 saturated heterocycles. The molecule has 0 spiro atoms. The molecule has 3 rings (SSSR count). The van der Waals surface area contributed by atoms with E-state index in [-0.39, 0.29) is 17.9 Å². The minimum Gasteiger partial charge on any atom is -0.493 e. The summed E-state index contributed by atoms with van der Waals surface area (Å²) in [7, 11) is 3.10. The molecule has 1 N–H and O–H groups in total. The number of hydrogen-bond acceptors (Lipinski definition) is 6. The highest BCUT2D eigenvalue weighted by Crippen LogP contribution is 2.33. The predicted octanol–water partition coefficient (Wildman–Crippen LogP) is 5.35. The van der Waals surface area contributed by atoms with Crippen LogP contribution in [0.4, 0.5) is 11.4 Å². The minimum absolute atomic E-state index is 0.0269. The van der Waals surface area contributed by atoms with E-state index in [9.17, 15) is 14.9 Å². The monoisotopic (exact) mass is 420 g/mol. The van der Waals surface area contributed by atoms with Gasteiger partial charge in [0.25, 0.3) is 5.69 Å². The largest absolute Gasteiger partial charge is 0.493 e. The van der Waals surface area contributed by atoms with Crippen molar-refractivity contribution in [3.63, 3.8) is 0 Å². The Morgan fingerprint density at radius 3 is 2.35 bits per heavy atom. The molecule has 7 nitrogen and oxygen atoms in total. The zero-order valence-electron chi connectivity index (χ0n) is 17.6. The Balaban J connectivity index is 1.95. The van der Waals surface area contributed by atoms with Crippen LogP contribution in [0, 0.1) is 17.0 Å². The molecule has 0 saturated carbocycles. The fourth-order valence-electron chi connectivity index (χ4n) is 3.27. The van der Waals surface area contributed by atoms with Crippen molar-refractivity contribution in [2.24, 2.45) is 0 Å². The lowest BCUT2D eigenvalue weighted by Crippen LogP contribution is -2.16. The summed E-state index contributed by atoms with van der Waals surface area (Å²) in [5.74, 6) is 1.07. The fourth-order valence-corrected chi connectivity index (χ4v) is 3.27. The van der Waals surface area contributed by atoms with Gasteiger partial charge in [-0.05, 0) is 30.7 Å². The van der Waals surface area contributed by atoms with Gasteiger partial charge < -0.3 is 14.8 Å². The van der Waals surface area contributed by atoms with Gasteiger partial charge in [-0.25, -0.2) is 0 Å². The number of Topliss-reactive ketones (excluding diaryl/α,β-unsaturated/α-hetero) is 1. The molecule has 0 radical (unpaired) electrons. The molecule has 7 heteroatoms. The third kappa shape index (κ3) is 5.39. The molecule has 0 heterocycles. The molecule has 1 unspecified atom stereocenters. The first-order valence-electron chi connectivity index (χ1n) is 9.74. The first kappa shape index (κ1) is 21.8. The summed E-state index contributed by atoms with van der Waals surface area (Å²) in [4.78, 5) is 23.7. The van der Waals surface area contributed by atoms with Gasteiger partial charge in [0.15, 0.2) is 17.3 Å². The lowest BCUT2D eigenvalue weighted by Gasteiger charge is -2.21. The summed E-state index contributed by atoms with van der Waals surface area (Å²) < 4.78 is 10.7. The Labute approximate surface area is 180 Å². The van der Waals surface area contributed by atoms with Crippen molar-refractivity contribution in [3.05, 3.63) is 93.5 Å². The van der Waals surface area contributed by atoms with E-state index >= 15 is 0 Å². The maximum Gasteiger partial charge on any atom is 0.271 e. The summed E-state index contributed by atoms with van der Waals surface area (Å²) in [5, 5.41) is 14.4. The second-order valence-electron chi connectivity index (χ2n) is 7.11. The van der Waals surface area contributed by atoms with Crippen molar-refractivity contribution in [2.75, 3.05) is 19.5 Å². The highest BCUT2D eigenvalue weighted by molar-refractivity contribution is 5.96. The number of non-ortho nitro benzene ring substituents is 1. The standard InChI is InChI=1S/C24H24N2O5/c1-16-7-9-17(10-8-16)22(27)15-21(18-11-12-23(30-2)24(13-18)31-3)25-19-5-4-6-20(14-19)26(28)29/h4-14,21,25H,15H2,1-3H3. The maximum absolute atomic E-state index is 13.0. The van der Waals surface area contributed by atoms with Crippen LogP contribution in [-0.2, 0) is 0 Å². The quantitative estimate of drug-likeness (QED) is 0.285. The van der Waals surface area contributed by atoms with E-state index in [1.807, 2.05) is 25.1 Å². The second-order valence-corrected chi connectivity index (χ2v) is 7.11. The van der Waals surface area contributed by atoms with Gasteiger partial charge >= 0.3 is 0 Å². The Kier molecular flexibility index (Phi) is 6.87. The van der Waals surface area contributed by atoms with E-state index in [4.69, 9.17) is 9.47 Å². The van der Waals surface area contributed by atoms with E-state index in [1.165, 1.54) is 12.1 Å². The van der Waals surface area contributed by atoms with Gasteiger partial charge in [-0.2, -0.15) is 0 Å². The number of ether oxygens (including phenoxy) is 2. The van der Waals surface area contributed by atoms with Crippen LogP contribution in [0.5, 0.6) is 11.5 Å². The van der Waals surface area contributed by atoms with Crippen molar-refractivity contribution >= 4 is 17.2 Å². The van der Waals surface area contributed by atoms with E-state index in [2.05, 4.69) is 5.32 Å². The number of methoxy groups -OCH3 is 2. The number of benzene rings is 3. The topological polar surface area (TPSA) is 90.7 Å². The molecule has 31 heavy (non-hydrogen) atoms. The molecule has 0 aliphatic rings. The highest BCUT2D eigenvalue weighted by Gasteiger charge is 2.20. The number of rotatable bonds is 9. The lowest BCUT2D eigenvalue weighted by molar-refractivity contribution is -0.384. The molecular formula is C24H24N2O5. The zero-order valence-corrected chi connectivity index (χ0v) is 17.6. The third-order valence-electron chi connectivity index (χ3n) is 4.97. The number of nitrogens with one attached hydrogen (secondary N) is 1. The van der Waals surface area contributed by atoms with Crippen LogP contribution < -0.4 is 14.8 Å². The van der Waals surface area contributed by atoms with Gasteiger partial charge in [0, 0.05) is 29.8 Å². The molecule has 0 fully saturated rings. The van der Waals surface area contributed by atoms with Crippen LogP contribution >= 0.6 is 0 Å². The van der Waals surface area contributed by atoms with Gasteiger partial charge in [0.2, 0.25) is 0 Å². The average Bonchev–Trinajstić information content (AvgIpc) is 2.78. The molecule has 0 amide bonds. The second kappa shape index (κ2) is 9.75. The Morgan fingerprint density at radius 2 is 1.71 bits per heavy atom. The van der Waals surface area contributed by atoms with E-state index in [0.717, 1.165) is 11.1 Å². The van der Waals surface area contributed by atoms with Gasteiger partial charge in [-0.1, -0.05) is 42.0 Å². The van der Waals surface area contributed by atoms with Crippen molar-refractivity contribution < 1.29 is 19.2 Å². The molecule has 3 aromatic carbocycles. The summed E-state index contributed by atoms with van der Waals surface area (Å²) >= 11 is 0. The van der Waals surface area contributed by atoms with Gasteiger partial charge in [-0.15, -0.1) is 0 Å². The summed E-state index contributed by atoms with van der Waals surface area (Å²) in [6, 6.07) is 18.6. The van der Waals surface area contributed by atoms with Crippen molar-refractivity contribution in [1.29, 1.82) is 0 Å². The molecule has 0 bridgehead atoms. The number of nitrogens with zero attached hydrogens (tertiary/aromatic N) is 1. The Bertz CT molecular complexity index is 1080. The first-order chi connectivity index (χ1) is 14.9. The molecule has 0 aliphatic heterocycles. The number of hydrogen-bond donors (Lipinski definition) is 1. The van der Waals surface area contributed by atoms with E-state index in [0.29, 0.717) is 22.7 Å². The van der Waals surface area contributed by atoms with Crippen LogP contribution in [0.1, 0.15) is 33.9 Å². The number of carbonyl (C=O) groups excluding carboxylic acids is 1. The van der Waals surface area contributed by atoms with E-state index < -0.39 is 11.0 Å². The summed E-state index contributed by atoms with van der Waals surface area (Å²) in [5.41, 5.74) is 3.00. The van der Waals surface area contributed by atoms with Crippen LogP contribution in [0.25, 0.3) is 0 Å². The smallest absolute Gasteiger partial charge is 0.271 e.